The van der Waals surface area contributed by atoms with E-state index in [4.69, 9.17) is 9.47 Å². The third kappa shape index (κ3) is 3.71. The lowest BCUT2D eigenvalue weighted by Crippen LogP contribution is -2.13. The lowest BCUT2D eigenvalue weighted by atomic mass is 10.2. The van der Waals surface area contributed by atoms with Gasteiger partial charge in [-0.25, -0.2) is 8.42 Å². The van der Waals surface area contributed by atoms with E-state index in [0.29, 0.717) is 23.8 Å². The molecule has 0 aliphatic rings. The Morgan fingerprint density at radius 3 is 2.32 bits per heavy atom. The molecule has 0 heterocycles. The lowest BCUT2D eigenvalue weighted by molar-refractivity contribution is 0.311. The van der Waals surface area contributed by atoms with Crippen LogP contribution < -0.4 is 14.2 Å². The summed E-state index contributed by atoms with van der Waals surface area (Å²) in [7, 11) is -2.12. The Morgan fingerprint density at radius 2 is 1.73 bits per heavy atom. The number of nitrogens with one attached hydrogen (secondary N) is 1. The number of benzene rings is 2. The first-order valence-corrected chi connectivity index (χ1v) is 8.35. The van der Waals surface area contributed by atoms with Crippen LogP contribution in [0.15, 0.2) is 47.4 Å². The molecular weight excluding hydrogens is 302 g/mol. The van der Waals surface area contributed by atoms with Crippen LogP contribution in [-0.4, -0.2) is 22.1 Å². The Hall–Kier alpha value is -2.21. The Labute approximate surface area is 130 Å². The molecule has 2 rings (SSSR count). The van der Waals surface area contributed by atoms with E-state index in [9.17, 15) is 8.42 Å². The zero-order valence-corrected chi connectivity index (χ0v) is 13.6. The molecule has 0 atom stereocenters. The normalized spacial score (nSPS) is 11.0. The molecule has 0 aliphatic carbocycles. The standard InChI is InChI=1S/C16H19NO4S/c1-4-21-15-10-7-13(11-16(15)20-3)17-22(18,19)14-8-5-12(2)6-9-14/h5-11,17H,4H2,1-3H3. The third-order valence-electron chi connectivity index (χ3n) is 3.05. The maximum absolute atomic E-state index is 12.3. The second kappa shape index (κ2) is 6.70. The number of aryl methyl sites for hydroxylation is 1. The average Bonchev–Trinajstić information content (AvgIpc) is 2.49. The summed E-state index contributed by atoms with van der Waals surface area (Å²) >= 11 is 0. The van der Waals surface area contributed by atoms with E-state index in [0.717, 1.165) is 5.56 Å². The molecule has 0 aromatic heterocycles. The largest absolute Gasteiger partial charge is 0.493 e. The van der Waals surface area contributed by atoms with Crippen LogP contribution >= 0.6 is 0 Å². The van der Waals surface area contributed by atoms with Crippen molar-refractivity contribution in [2.75, 3.05) is 18.4 Å². The fourth-order valence-electron chi connectivity index (χ4n) is 1.94. The van der Waals surface area contributed by atoms with Gasteiger partial charge >= 0.3 is 0 Å². The van der Waals surface area contributed by atoms with Crippen LogP contribution in [0.2, 0.25) is 0 Å². The third-order valence-corrected chi connectivity index (χ3v) is 4.44. The van der Waals surface area contributed by atoms with Crippen molar-refractivity contribution in [3.8, 4) is 11.5 Å². The lowest BCUT2D eigenvalue weighted by Gasteiger charge is -2.12. The van der Waals surface area contributed by atoms with Gasteiger partial charge in [-0.3, -0.25) is 4.72 Å². The number of hydrogen-bond acceptors (Lipinski definition) is 4. The molecule has 0 bridgehead atoms. The summed E-state index contributed by atoms with van der Waals surface area (Å²) in [6.45, 7) is 4.28. The van der Waals surface area contributed by atoms with Gasteiger partial charge in [0.15, 0.2) is 11.5 Å². The van der Waals surface area contributed by atoms with Crippen LogP contribution in [0.5, 0.6) is 11.5 Å². The van der Waals surface area contributed by atoms with Gasteiger partial charge in [0.25, 0.3) is 10.0 Å². The zero-order valence-electron chi connectivity index (χ0n) is 12.8. The van der Waals surface area contributed by atoms with Crippen LogP contribution in [0.4, 0.5) is 5.69 Å². The molecule has 0 amide bonds. The molecule has 0 saturated carbocycles. The predicted octanol–water partition coefficient (Wildman–Crippen LogP) is 3.20. The first-order chi connectivity index (χ1) is 10.5. The molecule has 5 nitrogen and oxygen atoms in total. The summed E-state index contributed by atoms with van der Waals surface area (Å²) in [5.41, 5.74) is 1.42. The Kier molecular flexibility index (Phi) is 4.92. The van der Waals surface area contributed by atoms with E-state index in [2.05, 4.69) is 4.72 Å². The molecule has 1 N–H and O–H groups in total. The van der Waals surface area contributed by atoms with Crippen LogP contribution in [-0.2, 0) is 10.0 Å². The minimum Gasteiger partial charge on any atom is -0.493 e. The molecule has 6 heteroatoms. The molecule has 0 saturated heterocycles. The maximum atomic E-state index is 12.3. The Morgan fingerprint density at radius 1 is 1.05 bits per heavy atom. The van der Waals surface area contributed by atoms with Crippen LogP contribution in [0.25, 0.3) is 0 Å². The van der Waals surface area contributed by atoms with Crippen molar-refractivity contribution < 1.29 is 17.9 Å². The van der Waals surface area contributed by atoms with Gasteiger partial charge in [-0.15, -0.1) is 0 Å². The van der Waals surface area contributed by atoms with E-state index in [-0.39, 0.29) is 4.90 Å². The number of anilines is 1. The minimum atomic E-state index is -3.63. The van der Waals surface area contributed by atoms with Crippen molar-refractivity contribution in [1.29, 1.82) is 0 Å². The molecule has 0 spiro atoms. The van der Waals surface area contributed by atoms with Gasteiger partial charge in [-0.2, -0.15) is 0 Å². The van der Waals surface area contributed by atoms with Gasteiger partial charge in [0.05, 0.1) is 24.3 Å². The number of hydrogen-bond donors (Lipinski definition) is 1. The van der Waals surface area contributed by atoms with Crippen molar-refractivity contribution in [2.24, 2.45) is 0 Å². The van der Waals surface area contributed by atoms with Crippen molar-refractivity contribution in [1.82, 2.24) is 0 Å². The minimum absolute atomic E-state index is 0.214. The second-order valence-electron chi connectivity index (χ2n) is 4.72. The molecule has 0 unspecified atom stereocenters. The summed E-state index contributed by atoms with van der Waals surface area (Å²) in [6, 6.07) is 11.6. The predicted molar refractivity (Wildman–Crippen MR) is 86.2 cm³/mol. The van der Waals surface area contributed by atoms with Crippen LogP contribution in [0.1, 0.15) is 12.5 Å². The smallest absolute Gasteiger partial charge is 0.261 e. The molecule has 2 aromatic rings. The monoisotopic (exact) mass is 321 g/mol. The summed E-state index contributed by atoms with van der Waals surface area (Å²) < 4.78 is 37.8. The first-order valence-electron chi connectivity index (χ1n) is 6.86. The highest BCUT2D eigenvalue weighted by Gasteiger charge is 2.15. The van der Waals surface area contributed by atoms with Gasteiger partial charge in [-0.1, -0.05) is 17.7 Å². The summed E-state index contributed by atoms with van der Waals surface area (Å²) in [4.78, 5) is 0.214. The number of methoxy groups -OCH3 is 1. The summed E-state index contributed by atoms with van der Waals surface area (Å²) in [6.07, 6.45) is 0. The summed E-state index contributed by atoms with van der Waals surface area (Å²) in [5.74, 6) is 1.05. The van der Waals surface area contributed by atoms with Gasteiger partial charge in [0.1, 0.15) is 0 Å². The molecule has 0 radical (unpaired) electrons. The molecule has 118 valence electrons. The first kappa shape index (κ1) is 16.2. The number of ether oxygens (including phenoxy) is 2. The Bertz CT molecular complexity index is 739. The number of rotatable bonds is 6. The Balaban J connectivity index is 2.27. The van der Waals surface area contributed by atoms with E-state index in [1.165, 1.54) is 7.11 Å². The SMILES string of the molecule is CCOc1ccc(NS(=O)(=O)c2ccc(C)cc2)cc1OC. The van der Waals surface area contributed by atoms with E-state index >= 15 is 0 Å². The van der Waals surface area contributed by atoms with Crippen molar-refractivity contribution >= 4 is 15.7 Å². The topological polar surface area (TPSA) is 64.6 Å². The highest BCUT2D eigenvalue weighted by Crippen LogP contribution is 2.31. The molecular formula is C16H19NO4S. The molecule has 0 fully saturated rings. The van der Waals surface area contributed by atoms with E-state index < -0.39 is 10.0 Å². The fourth-order valence-corrected chi connectivity index (χ4v) is 2.99. The van der Waals surface area contributed by atoms with E-state index in [1.807, 2.05) is 13.8 Å². The van der Waals surface area contributed by atoms with Gasteiger partial charge in [-0.05, 0) is 38.1 Å². The maximum Gasteiger partial charge on any atom is 0.261 e. The van der Waals surface area contributed by atoms with Gasteiger partial charge in [0, 0.05) is 6.07 Å². The van der Waals surface area contributed by atoms with Crippen molar-refractivity contribution in [3.05, 3.63) is 48.0 Å². The average molecular weight is 321 g/mol. The molecule has 2 aromatic carbocycles. The summed E-state index contributed by atoms with van der Waals surface area (Å²) in [5, 5.41) is 0. The zero-order chi connectivity index (χ0) is 16.2. The van der Waals surface area contributed by atoms with Crippen LogP contribution in [0.3, 0.4) is 0 Å². The van der Waals surface area contributed by atoms with Gasteiger partial charge in [0.2, 0.25) is 0 Å². The molecule has 0 aliphatic heterocycles. The second-order valence-corrected chi connectivity index (χ2v) is 6.40. The van der Waals surface area contributed by atoms with E-state index in [1.54, 1.807) is 42.5 Å². The van der Waals surface area contributed by atoms with Crippen molar-refractivity contribution in [3.63, 3.8) is 0 Å². The molecule has 22 heavy (non-hydrogen) atoms. The van der Waals surface area contributed by atoms with Crippen molar-refractivity contribution in [2.45, 2.75) is 18.7 Å². The van der Waals surface area contributed by atoms with Gasteiger partial charge < -0.3 is 9.47 Å². The quantitative estimate of drug-likeness (QED) is 0.887. The highest BCUT2D eigenvalue weighted by atomic mass is 32.2. The number of sulfonamides is 1. The highest BCUT2D eigenvalue weighted by molar-refractivity contribution is 7.92. The van der Waals surface area contributed by atoms with Crippen LogP contribution in [0, 0.1) is 6.92 Å². The fraction of sp³-hybridized carbons (Fsp3) is 0.250.